The molecule has 198 valence electrons. The molecule has 4 heterocycles. The lowest BCUT2D eigenvalue weighted by atomic mass is 9.91. The van der Waals surface area contributed by atoms with Crippen LogP contribution in [0.2, 0.25) is 0 Å². The highest BCUT2D eigenvalue weighted by molar-refractivity contribution is 5.80. The standard InChI is InChI=1S/C27H31F3N4O3/c28-27(29,30)21-6-3-18(4-7-21)23(26(36)37)34-15-11-20(16-34)25(35)33-13-9-17(10-14-33)22-8-5-19-2-1-12-31-24(19)32-22/h3-8,17,20,23H,1-2,9-16H2,(H,31,32)(H,36,37)/t20-,23?/m1/s1. The van der Waals surface area contributed by atoms with Crippen LogP contribution in [0.15, 0.2) is 36.4 Å². The van der Waals surface area contributed by atoms with Gasteiger partial charge in [0.25, 0.3) is 0 Å². The third kappa shape index (κ3) is 5.44. The van der Waals surface area contributed by atoms with Crippen LogP contribution in [0, 0.1) is 5.92 Å². The van der Waals surface area contributed by atoms with Crippen LogP contribution in [0.25, 0.3) is 0 Å². The van der Waals surface area contributed by atoms with Gasteiger partial charge < -0.3 is 15.3 Å². The number of hydrogen-bond donors (Lipinski definition) is 2. The van der Waals surface area contributed by atoms with Gasteiger partial charge in [-0.15, -0.1) is 0 Å². The van der Waals surface area contributed by atoms with E-state index in [1.54, 1.807) is 4.90 Å². The van der Waals surface area contributed by atoms with Gasteiger partial charge in [0.05, 0.1) is 11.5 Å². The maximum absolute atomic E-state index is 13.3. The summed E-state index contributed by atoms with van der Waals surface area (Å²) in [5.74, 6) is -0.152. The number of aliphatic carboxylic acids is 1. The smallest absolute Gasteiger partial charge is 0.416 e. The van der Waals surface area contributed by atoms with Crippen molar-refractivity contribution in [3.05, 3.63) is 58.8 Å². The maximum Gasteiger partial charge on any atom is 0.416 e. The number of halogens is 3. The van der Waals surface area contributed by atoms with E-state index in [4.69, 9.17) is 4.98 Å². The highest BCUT2D eigenvalue weighted by atomic mass is 19.4. The van der Waals surface area contributed by atoms with Crippen LogP contribution in [-0.4, -0.2) is 64.5 Å². The monoisotopic (exact) mass is 516 g/mol. The number of benzene rings is 1. The molecule has 7 nitrogen and oxygen atoms in total. The van der Waals surface area contributed by atoms with E-state index in [1.807, 2.05) is 4.90 Å². The van der Waals surface area contributed by atoms with Crippen LogP contribution in [0.3, 0.4) is 0 Å². The van der Waals surface area contributed by atoms with E-state index in [0.717, 1.165) is 55.9 Å². The van der Waals surface area contributed by atoms with Gasteiger partial charge in [0.15, 0.2) is 0 Å². The van der Waals surface area contributed by atoms with Crippen molar-refractivity contribution in [2.75, 3.05) is 38.0 Å². The highest BCUT2D eigenvalue weighted by Crippen LogP contribution is 2.34. The zero-order valence-corrected chi connectivity index (χ0v) is 20.5. The number of rotatable bonds is 5. The number of alkyl halides is 3. The van der Waals surface area contributed by atoms with Crippen molar-refractivity contribution in [1.82, 2.24) is 14.8 Å². The molecule has 0 bridgehead atoms. The summed E-state index contributed by atoms with van der Waals surface area (Å²) in [4.78, 5) is 33.7. The number of carbonyl (C=O) groups excluding carboxylic acids is 1. The number of carbonyl (C=O) groups is 2. The third-order valence-electron chi connectivity index (χ3n) is 7.86. The molecule has 0 aliphatic carbocycles. The molecular formula is C27H31F3N4O3. The van der Waals surface area contributed by atoms with Crippen molar-refractivity contribution in [2.24, 2.45) is 5.92 Å². The number of hydrogen-bond acceptors (Lipinski definition) is 5. The van der Waals surface area contributed by atoms with E-state index < -0.39 is 23.8 Å². The summed E-state index contributed by atoms with van der Waals surface area (Å²) in [7, 11) is 0. The average molecular weight is 517 g/mol. The number of piperidine rings is 1. The van der Waals surface area contributed by atoms with Gasteiger partial charge >= 0.3 is 12.1 Å². The molecule has 2 saturated heterocycles. The Bertz CT molecular complexity index is 1150. The maximum atomic E-state index is 13.3. The summed E-state index contributed by atoms with van der Waals surface area (Å²) in [6.07, 6.45) is -0.133. The lowest BCUT2D eigenvalue weighted by molar-refractivity contribution is -0.144. The van der Waals surface area contributed by atoms with Crippen molar-refractivity contribution in [2.45, 2.75) is 50.2 Å². The molecule has 0 saturated carbocycles. The number of amides is 1. The highest BCUT2D eigenvalue weighted by Gasteiger charge is 2.39. The molecule has 2 N–H and O–H groups in total. The van der Waals surface area contributed by atoms with Crippen molar-refractivity contribution in [1.29, 1.82) is 0 Å². The van der Waals surface area contributed by atoms with Crippen molar-refractivity contribution >= 4 is 17.7 Å². The van der Waals surface area contributed by atoms with Crippen LogP contribution in [0.5, 0.6) is 0 Å². The first-order valence-electron chi connectivity index (χ1n) is 12.9. The number of likely N-dealkylation sites (tertiary alicyclic amines) is 2. The topological polar surface area (TPSA) is 85.8 Å². The van der Waals surface area contributed by atoms with Crippen molar-refractivity contribution < 1.29 is 27.9 Å². The minimum atomic E-state index is -4.48. The van der Waals surface area contributed by atoms with E-state index >= 15 is 0 Å². The van der Waals surface area contributed by atoms with Gasteiger partial charge in [-0.1, -0.05) is 18.2 Å². The number of carboxylic acids is 1. The molecular weight excluding hydrogens is 485 g/mol. The summed E-state index contributed by atoms with van der Waals surface area (Å²) in [6, 6.07) is 7.41. The number of carboxylic acid groups (broad SMARTS) is 1. The summed E-state index contributed by atoms with van der Waals surface area (Å²) < 4.78 is 38.7. The number of aryl methyl sites for hydroxylation is 1. The first-order valence-corrected chi connectivity index (χ1v) is 12.9. The van der Waals surface area contributed by atoms with Gasteiger partial charge in [-0.25, -0.2) is 4.98 Å². The number of fused-ring (bicyclic) bond motifs is 1. The van der Waals surface area contributed by atoms with Gasteiger partial charge in [0, 0.05) is 44.3 Å². The molecule has 2 atom stereocenters. The molecule has 3 aliphatic rings. The van der Waals surface area contributed by atoms with Crippen LogP contribution in [0.1, 0.15) is 60.0 Å². The molecule has 37 heavy (non-hydrogen) atoms. The Kier molecular flexibility index (Phi) is 7.11. The Morgan fingerprint density at radius 2 is 1.76 bits per heavy atom. The minimum Gasteiger partial charge on any atom is -0.480 e. The lowest BCUT2D eigenvalue weighted by Crippen LogP contribution is -2.42. The molecule has 3 aliphatic heterocycles. The second kappa shape index (κ2) is 10.3. The minimum absolute atomic E-state index is 0.0255. The molecule has 1 aromatic carbocycles. The van der Waals surface area contributed by atoms with Crippen LogP contribution < -0.4 is 5.32 Å². The predicted molar refractivity (Wildman–Crippen MR) is 131 cm³/mol. The fraction of sp³-hybridized carbons (Fsp3) is 0.519. The molecule has 2 aromatic rings. The number of nitrogens with one attached hydrogen (secondary N) is 1. The van der Waals surface area contributed by atoms with Crippen molar-refractivity contribution in [3.63, 3.8) is 0 Å². The summed E-state index contributed by atoms with van der Waals surface area (Å²) >= 11 is 0. The molecule has 10 heteroatoms. The normalized spacial score (nSPS) is 21.8. The number of nitrogens with zero attached hydrogens (tertiary/aromatic N) is 3. The Balaban J connectivity index is 1.18. The Labute approximate surface area is 213 Å². The Morgan fingerprint density at radius 1 is 1.03 bits per heavy atom. The average Bonchev–Trinajstić information content (AvgIpc) is 3.37. The van der Waals surface area contributed by atoms with E-state index in [-0.39, 0.29) is 23.9 Å². The van der Waals surface area contributed by atoms with Gasteiger partial charge in [0.1, 0.15) is 11.9 Å². The van der Waals surface area contributed by atoms with E-state index in [9.17, 15) is 27.9 Å². The summed E-state index contributed by atoms with van der Waals surface area (Å²) in [5, 5.41) is 13.2. The molecule has 1 unspecified atom stereocenters. The number of anilines is 1. The van der Waals surface area contributed by atoms with E-state index in [0.29, 0.717) is 32.0 Å². The Morgan fingerprint density at radius 3 is 2.43 bits per heavy atom. The first kappa shape index (κ1) is 25.5. The second-order valence-electron chi connectivity index (χ2n) is 10.2. The fourth-order valence-electron chi connectivity index (χ4n) is 5.81. The molecule has 5 rings (SSSR count). The van der Waals surface area contributed by atoms with Gasteiger partial charge in [-0.2, -0.15) is 13.2 Å². The number of pyridine rings is 1. The zero-order chi connectivity index (χ0) is 26.2. The zero-order valence-electron chi connectivity index (χ0n) is 20.5. The van der Waals surface area contributed by atoms with Crippen LogP contribution in [0.4, 0.5) is 19.0 Å². The van der Waals surface area contributed by atoms with Crippen LogP contribution >= 0.6 is 0 Å². The quantitative estimate of drug-likeness (QED) is 0.616. The largest absolute Gasteiger partial charge is 0.480 e. The van der Waals surface area contributed by atoms with Gasteiger partial charge in [0.2, 0.25) is 5.91 Å². The molecule has 1 amide bonds. The van der Waals surface area contributed by atoms with Crippen molar-refractivity contribution in [3.8, 4) is 0 Å². The Hall–Kier alpha value is -3.14. The lowest BCUT2D eigenvalue weighted by Gasteiger charge is -2.34. The van der Waals surface area contributed by atoms with Gasteiger partial charge in [-0.3, -0.25) is 14.5 Å². The first-order chi connectivity index (χ1) is 17.7. The SMILES string of the molecule is O=C(O)C(c1ccc(C(F)(F)F)cc1)N1CC[C@@H](C(=O)N2CCC(c3ccc4c(n3)NCCC4)CC2)C1. The van der Waals surface area contributed by atoms with Gasteiger partial charge in [-0.05, 0) is 61.4 Å². The van der Waals surface area contributed by atoms with E-state index in [2.05, 4.69) is 17.4 Å². The molecule has 2 fully saturated rings. The second-order valence-corrected chi connectivity index (χ2v) is 10.2. The van der Waals surface area contributed by atoms with Crippen LogP contribution in [-0.2, 0) is 22.2 Å². The summed E-state index contributed by atoms with van der Waals surface area (Å²) in [6.45, 7) is 2.88. The van der Waals surface area contributed by atoms with E-state index in [1.165, 1.54) is 17.7 Å². The predicted octanol–water partition coefficient (Wildman–Crippen LogP) is 4.31. The molecule has 0 radical (unpaired) electrons. The summed E-state index contributed by atoms with van der Waals surface area (Å²) in [5.41, 5.74) is 1.78. The molecule has 0 spiro atoms. The number of aromatic nitrogens is 1. The fourth-order valence-corrected chi connectivity index (χ4v) is 5.81. The third-order valence-corrected chi connectivity index (χ3v) is 7.86. The molecule has 1 aromatic heterocycles.